The predicted octanol–water partition coefficient (Wildman–Crippen LogP) is 25.8. The quantitative estimate of drug-likeness (QED) is 0.0171. The summed E-state index contributed by atoms with van der Waals surface area (Å²) in [7, 11) is 0. The highest BCUT2D eigenvalue weighted by molar-refractivity contribution is 7.19. The van der Waals surface area contributed by atoms with Crippen molar-refractivity contribution in [1.29, 1.82) is 0 Å². The number of ketones is 1. The number of fused-ring (bicyclic) bond motifs is 10. The van der Waals surface area contributed by atoms with Gasteiger partial charge in [-0.2, -0.15) is 4.58 Å². The third-order valence-corrected chi connectivity index (χ3v) is 26.0. The number of hydrogen-bond donors (Lipinski definition) is 0. The molecule has 0 radical (unpaired) electrons. The van der Waals surface area contributed by atoms with Crippen LogP contribution in [0.3, 0.4) is 0 Å². The van der Waals surface area contributed by atoms with Crippen LogP contribution in [0.15, 0.2) is 156 Å². The van der Waals surface area contributed by atoms with Crippen LogP contribution in [0.2, 0.25) is 0 Å². The summed E-state index contributed by atoms with van der Waals surface area (Å²) in [4.78, 5) is 41.6. The van der Waals surface area contributed by atoms with Gasteiger partial charge in [0.2, 0.25) is 5.69 Å². The van der Waals surface area contributed by atoms with Crippen molar-refractivity contribution in [3.63, 3.8) is 0 Å². The number of rotatable bonds is 34. The first-order chi connectivity index (χ1) is 53.4. The number of Topliss-reactive ketones (excluding diaryl/α,β-unsaturated/α-hetero) is 1. The van der Waals surface area contributed by atoms with E-state index >= 15 is 9.90 Å². The summed E-state index contributed by atoms with van der Waals surface area (Å²) in [6, 6.07) is 39.8. The lowest BCUT2D eigenvalue weighted by Gasteiger charge is -2.33. The molecule has 6 aromatic carbocycles. The Balaban J connectivity index is 0.722. The third kappa shape index (κ3) is 14.8. The van der Waals surface area contributed by atoms with E-state index in [-0.39, 0.29) is 22.7 Å². The highest BCUT2D eigenvalue weighted by Crippen LogP contribution is 2.52. The number of anilines is 1. The van der Waals surface area contributed by atoms with Crippen LogP contribution in [0.5, 0.6) is 0 Å². The van der Waals surface area contributed by atoms with Crippen LogP contribution in [0.4, 0.5) is 28.9 Å². The Morgan fingerprint density at radius 3 is 1.30 bits per heavy atom. The van der Waals surface area contributed by atoms with Gasteiger partial charge in [-0.05, 0) is 146 Å². The molecule has 570 valence electrons. The Morgan fingerprint density at radius 2 is 0.836 bits per heavy atom. The van der Waals surface area contributed by atoms with Crippen LogP contribution in [-0.2, 0) is 28.7 Å². The molecule has 6 aromatic heterocycles. The number of aryl methyl sites for hydroxylation is 2. The molecule has 0 saturated heterocycles. The van der Waals surface area contributed by atoms with E-state index in [0.29, 0.717) is 44.4 Å². The van der Waals surface area contributed by atoms with Crippen LogP contribution in [-0.4, -0.2) is 58.2 Å². The molecule has 0 fully saturated rings. The van der Waals surface area contributed by atoms with Crippen molar-refractivity contribution in [3.8, 4) is 41.8 Å². The van der Waals surface area contributed by atoms with E-state index in [2.05, 4.69) is 171 Å². The highest BCUT2D eigenvalue weighted by Gasteiger charge is 2.47. The maximum atomic E-state index is 15.1. The van der Waals surface area contributed by atoms with Gasteiger partial charge in [-0.1, -0.05) is 187 Å². The summed E-state index contributed by atoms with van der Waals surface area (Å²) in [5, 5.41) is 16.9. The number of aromatic nitrogens is 6. The minimum Gasteiger partial charge on any atom is -0.871 e. The first kappa shape index (κ1) is 76.3. The topological polar surface area (TPSA) is 108 Å². The Bertz CT molecular complexity index is 5650. The molecule has 0 amide bonds. The van der Waals surface area contributed by atoms with Crippen molar-refractivity contribution in [1.82, 2.24) is 29.1 Å². The third-order valence-electron chi connectivity index (χ3n) is 23.6. The predicted molar refractivity (Wildman–Crippen MR) is 447 cm³/mol. The van der Waals surface area contributed by atoms with Gasteiger partial charge >= 0.3 is 0 Å². The smallest absolute Gasteiger partial charge is 0.209 e. The number of benzene rings is 6. The number of carbonyl (C=O) groups excluding carboxylic acids is 1. The molecule has 0 unspecified atom stereocenters. The monoisotopic (exact) mass is 1510 g/mol. The average Bonchev–Trinajstić information content (AvgIpc) is 1.58. The molecule has 10 nitrogen and oxygen atoms in total. The maximum absolute atomic E-state index is 15.1. The maximum Gasteiger partial charge on any atom is 0.209 e. The number of carbonyl (C=O) groups is 1. The van der Waals surface area contributed by atoms with E-state index in [1.807, 2.05) is 12.2 Å². The molecule has 0 N–H and O–H groups in total. The van der Waals surface area contributed by atoms with Gasteiger partial charge < -0.3 is 19.1 Å². The Hall–Kier alpha value is -9.12. The van der Waals surface area contributed by atoms with Gasteiger partial charge in [0.1, 0.15) is 17.6 Å². The number of thiophene rings is 2. The van der Waals surface area contributed by atoms with Crippen LogP contribution in [0, 0.1) is 23.3 Å². The van der Waals surface area contributed by atoms with Crippen LogP contribution in [0.1, 0.15) is 221 Å². The van der Waals surface area contributed by atoms with Crippen LogP contribution < -0.4 is 10.0 Å². The Morgan fingerprint density at radius 1 is 0.436 bits per heavy atom. The Labute approximate surface area is 652 Å². The molecule has 110 heavy (non-hydrogen) atoms. The Kier molecular flexibility index (Phi) is 22.7. The fourth-order valence-corrected chi connectivity index (χ4v) is 19.2. The molecule has 15 rings (SSSR count). The van der Waals surface area contributed by atoms with Crippen LogP contribution in [0.25, 0.3) is 108 Å². The van der Waals surface area contributed by atoms with Gasteiger partial charge in [-0.3, -0.25) is 4.79 Å². The molecule has 0 saturated carbocycles. The van der Waals surface area contributed by atoms with Crippen molar-refractivity contribution >= 4 is 112 Å². The first-order valence-corrected chi connectivity index (χ1v) is 42.5. The number of unbranched alkanes of at least 4 members (excludes halogenated alkanes) is 20. The minimum atomic E-state index is -0.942. The standard InChI is InChI=1S/C94H102F4N8O2S2/c1-9-13-17-21-25-29-45-103-77-39-35-59(81-41-43-83(109-81)61-33-37-63-79(51-61)105(47-31-27-23-19-15-11-3)91-87(63)99-73-55-69(95)71(97)57-75(73)101-91)49-67(77)93(5,6)85(103)53-65-89(107)66(90(65)108)54-86-94(7,8)68-50-60(36-40-78(68)104(86)46-30-26-22-18-14-10-2)82-42-44-84(110-82)62-34-38-64-80(52-62)106(48-32-28-24-20-16-12-4)92-88(64)100-74-56-70(96)72(98)58-76(74)102-92/h33-44,49-58H,9-32,45-48H2,1-8H3. The summed E-state index contributed by atoms with van der Waals surface area (Å²) < 4.78 is 65.2. The molecule has 8 heterocycles. The van der Waals surface area contributed by atoms with Crippen LogP contribution >= 0.6 is 22.7 Å². The normalized spacial score (nSPS) is 15.5. The highest BCUT2D eigenvalue weighted by atomic mass is 32.1. The molecular weight excluding hydrogens is 1410 g/mol. The minimum absolute atomic E-state index is 0.216. The van der Waals surface area contributed by atoms with Crippen molar-refractivity contribution < 1.29 is 32.0 Å². The first-order valence-electron chi connectivity index (χ1n) is 40.9. The summed E-state index contributed by atoms with van der Waals surface area (Å²) in [5.74, 6) is -4.20. The fourth-order valence-electron chi connectivity index (χ4n) is 17.2. The lowest BCUT2D eigenvalue weighted by molar-refractivity contribution is -0.438. The summed E-state index contributed by atoms with van der Waals surface area (Å²) >= 11 is 3.47. The zero-order valence-corrected chi connectivity index (χ0v) is 66.9. The SMILES string of the molecule is CCCCCCCCN1/C(=C/C2=C([O-])C(=C\C3=[N+](CCCCCCCC)c4ccc(-c5ccc(-c6ccc7c8nc9cc(F)c(F)cc9nc8n(CCCCCCCC)c7c6)s5)cc4C3(C)C)/C2=O)C(C)(C)c2cc(-c3ccc(-c4ccc5c6nc7cc(F)c(F)cc7nc6n(CCCCCCCC)c5c4)s3)ccc21. The van der Waals surface area contributed by atoms with Crippen molar-refractivity contribution in [2.24, 2.45) is 0 Å². The van der Waals surface area contributed by atoms with E-state index in [1.54, 1.807) is 22.7 Å². The molecule has 0 bridgehead atoms. The second-order valence-corrected chi connectivity index (χ2v) is 34.2. The molecule has 12 aromatic rings. The summed E-state index contributed by atoms with van der Waals surface area (Å²) in [6.45, 7) is 20.9. The second kappa shape index (κ2) is 32.7. The van der Waals surface area contributed by atoms with Gasteiger partial charge in [0, 0.05) is 126 Å². The van der Waals surface area contributed by atoms with Gasteiger partial charge in [0.15, 0.2) is 46.1 Å². The summed E-state index contributed by atoms with van der Waals surface area (Å²) in [6.07, 6.45) is 31.1. The largest absolute Gasteiger partial charge is 0.871 e. The second-order valence-electron chi connectivity index (χ2n) is 32.0. The lowest BCUT2D eigenvalue weighted by Crippen LogP contribution is -2.35. The van der Waals surface area contributed by atoms with E-state index in [9.17, 15) is 17.6 Å². The number of halogens is 4. The average molecular weight is 1520 g/mol. The summed E-state index contributed by atoms with van der Waals surface area (Å²) in [5.41, 5.74) is 16.1. The zero-order chi connectivity index (χ0) is 76.5. The molecule has 0 spiro atoms. The van der Waals surface area contributed by atoms with Gasteiger partial charge in [-0.25, -0.2) is 37.5 Å². The molecule has 16 heteroatoms. The van der Waals surface area contributed by atoms with Gasteiger partial charge in [0.05, 0.1) is 38.5 Å². The molecule has 1 aliphatic carbocycles. The van der Waals surface area contributed by atoms with E-state index in [4.69, 9.17) is 19.9 Å². The van der Waals surface area contributed by atoms with Crippen molar-refractivity contribution in [2.45, 2.75) is 233 Å². The molecule has 3 aliphatic rings. The van der Waals surface area contributed by atoms with Gasteiger partial charge in [-0.15, -0.1) is 22.7 Å². The van der Waals surface area contributed by atoms with E-state index in [0.717, 1.165) is 225 Å². The van der Waals surface area contributed by atoms with Crippen molar-refractivity contribution in [3.05, 3.63) is 190 Å². The van der Waals surface area contributed by atoms with Crippen molar-refractivity contribution in [2.75, 3.05) is 18.0 Å². The molecular formula is C94H102F4N8O2S2. The van der Waals surface area contributed by atoms with Gasteiger partial charge in [0.25, 0.3) is 0 Å². The van der Waals surface area contributed by atoms with E-state index < -0.39 is 34.1 Å². The van der Waals surface area contributed by atoms with E-state index in [1.165, 1.54) is 77.0 Å². The number of nitrogens with zero attached hydrogens (tertiary/aromatic N) is 8. The molecule has 2 aliphatic heterocycles. The lowest BCUT2D eigenvalue weighted by atomic mass is 9.77. The number of allylic oxidation sites excluding steroid dienone is 5. The fraction of sp³-hybridized carbons (Fsp3) is 0.404. The zero-order valence-electron chi connectivity index (χ0n) is 65.2. The number of hydrogen-bond acceptors (Lipinski definition) is 9. The molecule has 0 atom stereocenters.